The second-order valence-electron chi connectivity index (χ2n) is 27.8. The third-order valence-corrected chi connectivity index (χ3v) is 21.2. The second kappa shape index (κ2) is 32.3. The van der Waals surface area contributed by atoms with Gasteiger partial charge < -0.3 is 60.0 Å². The molecule has 2 aliphatic carbocycles. The van der Waals surface area contributed by atoms with Crippen LogP contribution in [0.25, 0.3) is 0 Å². The van der Waals surface area contributed by atoms with E-state index in [1.807, 2.05) is 6.92 Å². The number of carbonyl (C=O) groups excluding carboxylic acids is 12. The Morgan fingerprint density at radius 2 is 1.27 bits per heavy atom. The third kappa shape index (κ3) is 17.0. The molecule has 4 heterocycles. The van der Waals surface area contributed by atoms with Gasteiger partial charge in [0.05, 0.1) is 13.0 Å². The van der Waals surface area contributed by atoms with Crippen molar-refractivity contribution in [1.29, 1.82) is 0 Å². The molecular formula is C68H105FN12O12. The van der Waals surface area contributed by atoms with Crippen molar-refractivity contribution in [3.05, 3.63) is 35.6 Å². The van der Waals surface area contributed by atoms with E-state index in [0.29, 0.717) is 57.2 Å². The summed E-state index contributed by atoms with van der Waals surface area (Å²) in [6.45, 7) is 10.7. The minimum Gasteiger partial charge on any atom is -0.343 e. The van der Waals surface area contributed by atoms with E-state index in [-0.39, 0.29) is 64.0 Å². The van der Waals surface area contributed by atoms with Crippen molar-refractivity contribution in [2.75, 3.05) is 75.0 Å². The summed E-state index contributed by atoms with van der Waals surface area (Å²) in [6, 6.07) is -4.64. The highest BCUT2D eigenvalue weighted by Gasteiger charge is 2.51. The van der Waals surface area contributed by atoms with Crippen LogP contribution in [0.2, 0.25) is 0 Å². The third-order valence-electron chi connectivity index (χ3n) is 21.2. The molecule has 0 radical (unpaired) electrons. The molecule has 1 aromatic carbocycles. The molecule has 4 aliphatic heterocycles. The Kier molecular flexibility index (Phi) is 25.4. The topological polar surface area (TPSA) is 270 Å². The Hall–Kier alpha value is -7.21. The SMILES string of the molecule is CC[C@H](C)[C@@H]1NC(=O)[C@H](C)N(C)C(=O)C[C@@H](C(=O)N2CCCCC2)N(C)C(=O)[C@H](C(C)C)N(C)C(=O)C2(CCCC2)NC(=O)[C@@H]2CCCN2C(=O)[C@H](CCc2cccc(F)c2)NC(=O)CN(C)C(=O)[C@H](CC2CCCCC2)N(C)C(=O)[C@@H]2CCN2C(=O)[C@H](C)N(C)C1=O. The molecule has 3 N–H and O–H groups in total. The van der Waals surface area contributed by atoms with Crippen LogP contribution in [0.3, 0.4) is 0 Å². The van der Waals surface area contributed by atoms with Crippen molar-refractivity contribution in [1.82, 2.24) is 60.0 Å². The zero-order valence-corrected chi connectivity index (χ0v) is 57.2. The van der Waals surface area contributed by atoms with Gasteiger partial charge in [-0.15, -0.1) is 0 Å². The first-order valence-electron chi connectivity index (χ1n) is 34.2. The average Bonchev–Trinajstić information content (AvgIpc) is 1.76. The summed E-state index contributed by atoms with van der Waals surface area (Å²) in [7, 11) is 8.70. The molecule has 2 saturated carbocycles. The number of nitrogens with zero attached hydrogens (tertiary/aromatic N) is 9. The largest absolute Gasteiger partial charge is 0.343 e. The Bertz CT molecular complexity index is 2910. The first-order valence-corrected chi connectivity index (χ1v) is 34.2. The van der Waals surface area contributed by atoms with Gasteiger partial charge in [-0.1, -0.05) is 91.2 Å². The van der Waals surface area contributed by atoms with Crippen LogP contribution in [0, 0.1) is 23.6 Å². The van der Waals surface area contributed by atoms with Crippen LogP contribution in [-0.4, -0.2) is 250 Å². The van der Waals surface area contributed by atoms with Crippen molar-refractivity contribution in [3.8, 4) is 0 Å². The number of fused-ring (bicyclic) bond motifs is 2. The van der Waals surface area contributed by atoms with Crippen molar-refractivity contribution in [3.63, 3.8) is 0 Å². The molecule has 0 unspecified atom stereocenters. The van der Waals surface area contributed by atoms with Crippen LogP contribution in [0.4, 0.5) is 4.39 Å². The zero-order valence-electron chi connectivity index (χ0n) is 57.2. The highest BCUT2D eigenvalue weighted by Crippen LogP contribution is 2.35. The molecule has 0 aromatic heterocycles. The number of likely N-dealkylation sites (N-methyl/N-ethyl adjacent to an activating group) is 6. The van der Waals surface area contributed by atoms with E-state index in [1.54, 1.807) is 31.7 Å². The number of benzene rings is 1. The first-order chi connectivity index (χ1) is 44.0. The molecule has 25 heteroatoms. The maximum atomic E-state index is 15.3. The van der Waals surface area contributed by atoms with Crippen LogP contribution < -0.4 is 16.0 Å². The molecule has 12 amide bonds. The van der Waals surface area contributed by atoms with Crippen LogP contribution in [0.5, 0.6) is 0 Å². The van der Waals surface area contributed by atoms with Crippen LogP contribution in [0.1, 0.15) is 169 Å². The van der Waals surface area contributed by atoms with Gasteiger partial charge in [-0.25, -0.2) is 4.39 Å². The number of piperidine rings is 1. The number of likely N-dealkylation sites (tertiary alicyclic amines) is 1. The highest BCUT2D eigenvalue weighted by molar-refractivity contribution is 6.01. The molecule has 1 aromatic rings. The Morgan fingerprint density at radius 3 is 1.88 bits per heavy atom. The lowest BCUT2D eigenvalue weighted by Gasteiger charge is -2.45. The summed E-state index contributed by atoms with van der Waals surface area (Å²) in [5.41, 5.74) is -0.966. The molecule has 6 aliphatic rings. The highest BCUT2D eigenvalue weighted by atomic mass is 19.1. The lowest BCUT2D eigenvalue weighted by atomic mass is 9.84. The minimum atomic E-state index is -1.51. The summed E-state index contributed by atoms with van der Waals surface area (Å²) in [5, 5.41) is 8.76. The van der Waals surface area contributed by atoms with Gasteiger partial charge in [0.2, 0.25) is 70.9 Å². The van der Waals surface area contributed by atoms with Crippen LogP contribution >= 0.6 is 0 Å². The quantitative estimate of drug-likeness (QED) is 0.321. The van der Waals surface area contributed by atoms with Gasteiger partial charge in [-0.05, 0) is 120 Å². The molecule has 516 valence electrons. The van der Waals surface area contributed by atoms with E-state index < -0.39 is 161 Å². The summed E-state index contributed by atoms with van der Waals surface area (Å²) in [4.78, 5) is 189. The number of halogens is 1. The van der Waals surface area contributed by atoms with E-state index in [2.05, 4.69) is 16.0 Å². The van der Waals surface area contributed by atoms with E-state index in [9.17, 15) is 47.5 Å². The van der Waals surface area contributed by atoms with Gasteiger partial charge in [0.25, 0.3) is 0 Å². The second-order valence-corrected chi connectivity index (χ2v) is 27.8. The Morgan fingerprint density at radius 1 is 0.624 bits per heavy atom. The van der Waals surface area contributed by atoms with E-state index in [1.165, 1.54) is 109 Å². The number of amides is 12. The lowest BCUT2D eigenvalue weighted by Crippen LogP contribution is -2.65. The van der Waals surface area contributed by atoms with Crippen molar-refractivity contribution in [2.24, 2.45) is 17.8 Å². The first kappa shape index (κ1) is 73.2. The molecule has 7 rings (SSSR count). The number of hydrogen-bond acceptors (Lipinski definition) is 12. The van der Waals surface area contributed by atoms with Gasteiger partial charge in [-0.3, -0.25) is 57.5 Å². The summed E-state index contributed by atoms with van der Waals surface area (Å²) < 4.78 is 14.6. The van der Waals surface area contributed by atoms with Gasteiger partial charge in [0, 0.05) is 68.5 Å². The maximum Gasteiger partial charge on any atom is 0.248 e. The fourth-order valence-electron chi connectivity index (χ4n) is 14.6. The Labute approximate surface area is 549 Å². The van der Waals surface area contributed by atoms with Gasteiger partial charge in [-0.2, -0.15) is 0 Å². The summed E-state index contributed by atoms with van der Waals surface area (Å²) >= 11 is 0. The van der Waals surface area contributed by atoms with E-state index >= 15 is 14.4 Å². The Balaban J connectivity index is 1.25. The number of nitrogens with one attached hydrogen (secondary N) is 3. The average molecular weight is 1300 g/mol. The van der Waals surface area contributed by atoms with E-state index in [0.717, 1.165) is 43.4 Å². The smallest absolute Gasteiger partial charge is 0.248 e. The van der Waals surface area contributed by atoms with Gasteiger partial charge in [0.1, 0.15) is 65.7 Å². The number of aryl methyl sites for hydroxylation is 1. The number of carbonyl (C=O) groups is 12. The molecule has 10 atom stereocenters. The summed E-state index contributed by atoms with van der Waals surface area (Å²) in [6.07, 6.45) is 9.58. The number of hydrogen-bond donors (Lipinski definition) is 3. The summed E-state index contributed by atoms with van der Waals surface area (Å²) in [5.74, 6) is -8.56. The predicted molar refractivity (Wildman–Crippen MR) is 345 cm³/mol. The number of rotatable bonds is 9. The fraction of sp³-hybridized carbons (Fsp3) is 0.735. The van der Waals surface area contributed by atoms with Crippen LogP contribution in [0.15, 0.2) is 24.3 Å². The van der Waals surface area contributed by atoms with Crippen molar-refractivity contribution in [2.45, 2.75) is 230 Å². The molecule has 1 spiro atoms. The van der Waals surface area contributed by atoms with Gasteiger partial charge >= 0.3 is 0 Å². The molecule has 0 bridgehead atoms. The van der Waals surface area contributed by atoms with E-state index in [4.69, 9.17) is 0 Å². The molecular weight excluding hydrogens is 1200 g/mol. The molecule has 4 saturated heterocycles. The maximum absolute atomic E-state index is 15.3. The molecule has 24 nitrogen and oxygen atoms in total. The normalized spacial score (nSPS) is 28.7. The van der Waals surface area contributed by atoms with Crippen molar-refractivity contribution < 1.29 is 61.9 Å². The monoisotopic (exact) mass is 1300 g/mol. The van der Waals surface area contributed by atoms with Crippen molar-refractivity contribution >= 4 is 70.9 Å². The zero-order chi connectivity index (χ0) is 68.3. The molecule has 93 heavy (non-hydrogen) atoms. The lowest BCUT2D eigenvalue weighted by molar-refractivity contribution is -0.160. The fourth-order valence-corrected chi connectivity index (χ4v) is 14.6. The molecule has 6 fully saturated rings. The minimum absolute atomic E-state index is 0.0208. The standard InChI is InChI=1S/C68H105FN12O12/c1-13-43(4)56-65(91)75(9)45(6)60(86)81-37-31-51(81)63(89)76(10)52(39-46-24-16-14-17-25-46)62(88)73(7)41-54(82)70-49(30-29-47-26-22-27-48(69)38-47)61(87)80-36-23-28-50(80)59(85)72-68(32-18-19-33-68)67(93)78(12)57(42(2)3)66(92)77(11)53(64(90)79-34-20-15-21-35-79)40-55(83)74(8)44(5)58(84)71-56/h22,26-27,38,42-46,49-53,56-57H,13-21,23-25,28-37,39-41H2,1-12H3,(H,70,82)(H,71,84)(H,72,85)/t43-,44-,45-,49-,50-,51-,52-,53-,56-,57-/m0/s1. The predicted octanol–water partition coefficient (Wildman–Crippen LogP) is 3.47. The van der Waals surface area contributed by atoms with Gasteiger partial charge in [0.15, 0.2) is 0 Å². The van der Waals surface area contributed by atoms with Crippen LogP contribution in [-0.2, 0) is 64.0 Å².